The Morgan fingerprint density at radius 1 is 1.00 bits per heavy atom. The van der Waals surface area contributed by atoms with Crippen LogP contribution in [0.2, 0.25) is 0 Å². The van der Waals surface area contributed by atoms with Crippen LogP contribution in [0, 0.1) is 11.3 Å². The zero-order valence-electron chi connectivity index (χ0n) is 20.0. The Kier molecular flexibility index (Phi) is 7.24. The predicted molar refractivity (Wildman–Crippen MR) is 133 cm³/mol. The zero-order chi connectivity index (χ0) is 24.1. The zero-order valence-corrected chi connectivity index (χ0v) is 20.0. The predicted octanol–water partition coefficient (Wildman–Crippen LogP) is 4.96. The summed E-state index contributed by atoms with van der Waals surface area (Å²) < 4.78 is 17.3. The van der Waals surface area contributed by atoms with Gasteiger partial charge in [0, 0.05) is 18.7 Å². The summed E-state index contributed by atoms with van der Waals surface area (Å²) in [6.45, 7) is 9.65. The van der Waals surface area contributed by atoms with E-state index in [0.717, 1.165) is 52.6 Å². The summed E-state index contributed by atoms with van der Waals surface area (Å²) in [4.78, 5) is 2.35. The van der Waals surface area contributed by atoms with Crippen molar-refractivity contribution < 1.29 is 14.2 Å². The van der Waals surface area contributed by atoms with Gasteiger partial charge in [-0.15, -0.1) is 0 Å². The molecule has 6 nitrogen and oxygen atoms in total. The molecule has 6 heteroatoms. The summed E-state index contributed by atoms with van der Waals surface area (Å²) in [5.74, 6) is 2.33. The monoisotopic (exact) mass is 457 g/mol. The smallest absolute Gasteiger partial charge is 0.205 e. The molecule has 2 aromatic rings. The van der Waals surface area contributed by atoms with E-state index in [1.165, 1.54) is 0 Å². The summed E-state index contributed by atoms with van der Waals surface area (Å²) in [6.07, 6.45) is 2.13. The second-order valence-electron chi connectivity index (χ2n) is 8.26. The molecule has 0 saturated heterocycles. The lowest BCUT2D eigenvalue weighted by molar-refractivity contribution is 0.239. The SMILES string of the molecule is CCOc1ccc(/C=C2\CN(CC)CC3=C2OC(N)=C(C#N)[C@@H]3c2ccc(OCC)cc2)cc1. The van der Waals surface area contributed by atoms with E-state index in [-0.39, 0.29) is 11.8 Å². The van der Waals surface area contributed by atoms with Gasteiger partial charge in [0.1, 0.15) is 28.9 Å². The third kappa shape index (κ3) is 4.80. The van der Waals surface area contributed by atoms with Crippen molar-refractivity contribution in [3.8, 4) is 17.6 Å². The molecular weight excluding hydrogens is 426 g/mol. The Morgan fingerprint density at radius 3 is 2.18 bits per heavy atom. The normalized spacial score (nSPS) is 19.5. The second-order valence-corrected chi connectivity index (χ2v) is 8.26. The standard InChI is InChI=1S/C28H31N3O3/c1-4-31-17-21(15-19-7-11-22(12-8-19)32-5-2)27-25(18-31)26(24(16-29)28(30)34-27)20-9-13-23(14-10-20)33-6-3/h7-15,26H,4-6,17-18,30H2,1-3H3/b21-15+/t26-/m0/s1. The molecule has 0 bridgehead atoms. The van der Waals surface area contributed by atoms with Crippen molar-refractivity contribution >= 4 is 6.08 Å². The molecule has 0 radical (unpaired) electrons. The number of allylic oxidation sites excluding steroid dienone is 1. The fourth-order valence-corrected chi connectivity index (χ4v) is 4.50. The average Bonchev–Trinajstić information content (AvgIpc) is 2.85. The van der Waals surface area contributed by atoms with Crippen molar-refractivity contribution in [2.45, 2.75) is 26.7 Å². The van der Waals surface area contributed by atoms with Crippen LogP contribution in [0.1, 0.15) is 37.8 Å². The minimum absolute atomic E-state index is 0.169. The lowest BCUT2D eigenvalue weighted by Gasteiger charge is -2.38. The molecule has 2 heterocycles. The van der Waals surface area contributed by atoms with E-state index in [1.807, 2.05) is 62.4 Å². The van der Waals surface area contributed by atoms with Gasteiger partial charge < -0.3 is 19.9 Å². The Hall–Kier alpha value is -3.69. The number of nitrogens with two attached hydrogens (primary N) is 1. The maximum Gasteiger partial charge on any atom is 0.205 e. The molecular formula is C28H31N3O3. The van der Waals surface area contributed by atoms with Crippen LogP contribution < -0.4 is 15.2 Å². The number of benzene rings is 2. The lowest BCUT2D eigenvalue weighted by atomic mass is 9.80. The molecule has 0 aromatic heterocycles. The largest absolute Gasteiger partial charge is 0.494 e. The fourth-order valence-electron chi connectivity index (χ4n) is 4.50. The Bertz CT molecular complexity index is 1150. The van der Waals surface area contributed by atoms with Crippen molar-refractivity contribution in [2.24, 2.45) is 5.73 Å². The van der Waals surface area contributed by atoms with Gasteiger partial charge in [0.15, 0.2) is 0 Å². The van der Waals surface area contributed by atoms with E-state index in [1.54, 1.807) is 0 Å². The molecule has 1 atom stereocenters. The first-order chi connectivity index (χ1) is 16.6. The Balaban J connectivity index is 1.78. The molecule has 2 N–H and O–H groups in total. The molecule has 2 aliphatic heterocycles. The maximum absolute atomic E-state index is 9.96. The molecule has 0 fully saturated rings. The fraction of sp³-hybridized carbons (Fsp3) is 0.321. The first kappa shape index (κ1) is 23.5. The minimum atomic E-state index is -0.262. The van der Waals surface area contributed by atoms with Crippen LogP contribution in [0.15, 0.2) is 76.9 Å². The Morgan fingerprint density at radius 2 is 1.62 bits per heavy atom. The van der Waals surface area contributed by atoms with Crippen molar-refractivity contribution in [3.63, 3.8) is 0 Å². The van der Waals surface area contributed by atoms with E-state index >= 15 is 0 Å². The van der Waals surface area contributed by atoms with Crippen LogP contribution >= 0.6 is 0 Å². The Labute approximate surface area is 201 Å². The molecule has 0 saturated carbocycles. The van der Waals surface area contributed by atoms with Crippen LogP contribution in [-0.2, 0) is 4.74 Å². The third-order valence-electron chi connectivity index (χ3n) is 6.11. The van der Waals surface area contributed by atoms with Crippen LogP contribution in [0.5, 0.6) is 11.5 Å². The molecule has 0 unspecified atom stereocenters. The molecule has 176 valence electrons. The lowest BCUT2D eigenvalue weighted by Crippen LogP contribution is -2.38. The number of hydrogen-bond acceptors (Lipinski definition) is 6. The number of nitrogens with zero attached hydrogens (tertiary/aromatic N) is 2. The molecule has 34 heavy (non-hydrogen) atoms. The highest BCUT2D eigenvalue weighted by atomic mass is 16.5. The van der Waals surface area contributed by atoms with Gasteiger partial charge in [-0.2, -0.15) is 5.26 Å². The van der Waals surface area contributed by atoms with Gasteiger partial charge in [0.05, 0.1) is 19.1 Å². The van der Waals surface area contributed by atoms with Crippen LogP contribution in [0.3, 0.4) is 0 Å². The van der Waals surface area contributed by atoms with E-state index in [0.29, 0.717) is 25.3 Å². The highest BCUT2D eigenvalue weighted by molar-refractivity contribution is 5.63. The number of nitriles is 1. The van der Waals surface area contributed by atoms with Gasteiger partial charge in [-0.05, 0) is 67.4 Å². The number of hydrogen-bond donors (Lipinski definition) is 1. The third-order valence-corrected chi connectivity index (χ3v) is 6.11. The number of rotatable bonds is 7. The van der Waals surface area contributed by atoms with E-state index in [4.69, 9.17) is 19.9 Å². The van der Waals surface area contributed by atoms with Crippen molar-refractivity contribution in [1.82, 2.24) is 4.90 Å². The molecule has 0 amide bonds. The molecule has 4 rings (SSSR count). The number of likely N-dealkylation sites (N-methyl/N-ethyl adjacent to an activating group) is 1. The van der Waals surface area contributed by atoms with Crippen molar-refractivity contribution in [1.29, 1.82) is 5.26 Å². The highest BCUT2D eigenvalue weighted by Crippen LogP contribution is 2.44. The summed E-state index contributed by atoms with van der Waals surface area (Å²) in [6, 6.07) is 18.2. The second kappa shape index (κ2) is 10.5. The minimum Gasteiger partial charge on any atom is -0.494 e. The van der Waals surface area contributed by atoms with Gasteiger partial charge in [-0.1, -0.05) is 31.2 Å². The van der Waals surface area contributed by atoms with Crippen molar-refractivity contribution in [3.05, 3.63) is 88.0 Å². The topological polar surface area (TPSA) is 80.7 Å². The summed E-state index contributed by atoms with van der Waals surface area (Å²) >= 11 is 0. The molecule has 2 aliphatic rings. The molecule has 0 spiro atoms. The van der Waals surface area contributed by atoms with Crippen LogP contribution in [0.4, 0.5) is 0 Å². The average molecular weight is 458 g/mol. The highest BCUT2D eigenvalue weighted by Gasteiger charge is 2.37. The first-order valence-electron chi connectivity index (χ1n) is 11.8. The summed E-state index contributed by atoms with van der Waals surface area (Å²) in [7, 11) is 0. The van der Waals surface area contributed by atoms with Crippen molar-refractivity contribution in [2.75, 3.05) is 32.8 Å². The summed E-state index contributed by atoms with van der Waals surface area (Å²) in [5.41, 5.74) is 10.9. The molecule has 2 aromatic carbocycles. The van der Waals surface area contributed by atoms with Gasteiger partial charge in [-0.3, -0.25) is 4.90 Å². The maximum atomic E-state index is 9.96. The van der Waals surface area contributed by atoms with Gasteiger partial charge >= 0.3 is 0 Å². The molecule has 0 aliphatic carbocycles. The first-order valence-corrected chi connectivity index (χ1v) is 11.8. The van der Waals surface area contributed by atoms with Gasteiger partial charge in [-0.25, -0.2) is 0 Å². The van der Waals surface area contributed by atoms with Crippen LogP contribution in [-0.4, -0.2) is 37.7 Å². The van der Waals surface area contributed by atoms with E-state index in [2.05, 4.69) is 24.0 Å². The quantitative estimate of drug-likeness (QED) is 0.633. The van der Waals surface area contributed by atoms with E-state index in [9.17, 15) is 5.26 Å². The van der Waals surface area contributed by atoms with E-state index < -0.39 is 0 Å². The summed E-state index contributed by atoms with van der Waals surface area (Å²) in [5, 5.41) is 9.96. The van der Waals surface area contributed by atoms with Crippen LogP contribution in [0.25, 0.3) is 6.08 Å². The number of ether oxygens (including phenoxy) is 3. The van der Waals surface area contributed by atoms with Gasteiger partial charge in [0.25, 0.3) is 0 Å². The van der Waals surface area contributed by atoms with Gasteiger partial charge in [0.2, 0.25) is 5.88 Å².